The smallest absolute Gasteiger partial charge is 0.348 e. The largest absolute Gasteiger partial charge is 0.350 e. The second kappa shape index (κ2) is 4.84. The summed E-state index contributed by atoms with van der Waals surface area (Å²) >= 11 is 0. The van der Waals surface area contributed by atoms with Gasteiger partial charge in [0.05, 0.1) is 24.3 Å². The van der Waals surface area contributed by atoms with Crippen LogP contribution in [0.25, 0.3) is 0 Å². The molecule has 0 saturated carbocycles. The van der Waals surface area contributed by atoms with Crippen molar-refractivity contribution in [2.45, 2.75) is 32.3 Å². The maximum atomic E-state index is 11.9. The molecule has 2 rings (SSSR count). The van der Waals surface area contributed by atoms with E-state index < -0.39 is 33.8 Å². The van der Waals surface area contributed by atoms with Crippen LogP contribution < -0.4 is 11.2 Å². The average molecular weight is 285 g/mol. The summed E-state index contributed by atoms with van der Waals surface area (Å²) in [6, 6.07) is 0. The summed E-state index contributed by atoms with van der Waals surface area (Å²) in [6.45, 7) is 3.82. The quantitative estimate of drug-likeness (QED) is 0.553. The SMILES string of the molecule is Cn1c(=O)c([N+](=O)[O-])cn(CC2COC(C)(C)O2)c1=O. The third-order valence-corrected chi connectivity index (χ3v) is 3.00. The summed E-state index contributed by atoms with van der Waals surface area (Å²) in [5.41, 5.74) is -2.21. The van der Waals surface area contributed by atoms with Crippen molar-refractivity contribution in [3.63, 3.8) is 0 Å². The molecule has 1 aromatic rings. The van der Waals surface area contributed by atoms with Crippen LogP contribution >= 0.6 is 0 Å². The number of hydrogen-bond donors (Lipinski definition) is 0. The number of nitro groups is 1. The fourth-order valence-corrected chi connectivity index (χ4v) is 2.04. The number of hydrogen-bond acceptors (Lipinski definition) is 6. The molecule has 110 valence electrons. The van der Waals surface area contributed by atoms with Gasteiger partial charge in [0.2, 0.25) is 0 Å². The van der Waals surface area contributed by atoms with E-state index >= 15 is 0 Å². The van der Waals surface area contributed by atoms with E-state index in [9.17, 15) is 19.7 Å². The molecule has 1 unspecified atom stereocenters. The minimum absolute atomic E-state index is 0.0806. The molecular weight excluding hydrogens is 270 g/mol. The Kier molecular flexibility index (Phi) is 3.48. The van der Waals surface area contributed by atoms with Crippen molar-refractivity contribution in [1.82, 2.24) is 9.13 Å². The fraction of sp³-hybridized carbons (Fsp3) is 0.636. The van der Waals surface area contributed by atoms with Crippen LogP contribution in [0.3, 0.4) is 0 Å². The zero-order chi connectivity index (χ0) is 15.1. The third kappa shape index (κ3) is 2.63. The van der Waals surface area contributed by atoms with Crippen molar-refractivity contribution in [2.75, 3.05) is 6.61 Å². The molecule has 1 aliphatic heterocycles. The molecule has 0 aromatic carbocycles. The van der Waals surface area contributed by atoms with Crippen LogP contribution in [0.5, 0.6) is 0 Å². The van der Waals surface area contributed by atoms with Crippen molar-refractivity contribution in [1.29, 1.82) is 0 Å². The van der Waals surface area contributed by atoms with E-state index in [1.807, 2.05) is 0 Å². The standard InChI is InChI=1S/C11H15N3O6/c1-11(2)19-6-7(20-11)4-13-5-8(14(17)18)9(15)12(3)10(13)16/h5,7H,4,6H2,1-3H3. The Hall–Kier alpha value is -2.00. The molecule has 1 fully saturated rings. The van der Waals surface area contributed by atoms with Gasteiger partial charge in [0.15, 0.2) is 5.79 Å². The maximum Gasteiger partial charge on any atom is 0.350 e. The van der Waals surface area contributed by atoms with Crippen LogP contribution in [0.15, 0.2) is 15.8 Å². The van der Waals surface area contributed by atoms with Gasteiger partial charge in [-0.25, -0.2) is 4.79 Å². The fourth-order valence-electron chi connectivity index (χ4n) is 2.04. The van der Waals surface area contributed by atoms with Crippen LogP contribution in [0.1, 0.15) is 13.8 Å². The normalized spacial score (nSPS) is 21.1. The predicted octanol–water partition coefficient (Wildman–Crippen LogP) is -0.393. The molecule has 0 bridgehead atoms. The molecular formula is C11H15N3O6. The van der Waals surface area contributed by atoms with Crippen LogP contribution in [0.4, 0.5) is 5.69 Å². The number of rotatable bonds is 3. The topological polar surface area (TPSA) is 106 Å². The highest BCUT2D eigenvalue weighted by molar-refractivity contribution is 5.21. The molecule has 0 aliphatic carbocycles. The monoisotopic (exact) mass is 285 g/mol. The molecule has 1 atom stereocenters. The molecule has 0 spiro atoms. The lowest BCUT2D eigenvalue weighted by Gasteiger charge is -2.17. The highest BCUT2D eigenvalue weighted by Crippen LogP contribution is 2.22. The molecule has 9 heteroatoms. The van der Waals surface area contributed by atoms with E-state index in [0.29, 0.717) is 4.57 Å². The molecule has 1 saturated heterocycles. The summed E-state index contributed by atoms with van der Waals surface area (Å²) in [5, 5.41) is 10.8. The summed E-state index contributed by atoms with van der Waals surface area (Å²) < 4.78 is 12.7. The van der Waals surface area contributed by atoms with Crippen LogP contribution in [-0.2, 0) is 23.1 Å². The molecule has 20 heavy (non-hydrogen) atoms. The Balaban J connectivity index is 2.36. The van der Waals surface area contributed by atoms with E-state index in [1.54, 1.807) is 13.8 Å². The highest BCUT2D eigenvalue weighted by atomic mass is 16.7. The Bertz CT molecular complexity index is 659. The maximum absolute atomic E-state index is 11.9. The molecule has 0 N–H and O–H groups in total. The second-order valence-electron chi connectivity index (χ2n) is 5.02. The van der Waals surface area contributed by atoms with Crippen LogP contribution in [-0.4, -0.2) is 32.6 Å². The van der Waals surface area contributed by atoms with Crippen LogP contribution in [0, 0.1) is 10.1 Å². The van der Waals surface area contributed by atoms with Gasteiger partial charge >= 0.3 is 16.9 Å². The number of aromatic nitrogens is 2. The van der Waals surface area contributed by atoms with Gasteiger partial charge < -0.3 is 9.47 Å². The van der Waals surface area contributed by atoms with Crippen LogP contribution in [0.2, 0.25) is 0 Å². The second-order valence-corrected chi connectivity index (χ2v) is 5.02. The first-order valence-electron chi connectivity index (χ1n) is 5.98. The lowest BCUT2D eigenvalue weighted by molar-refractivity contribution is -0.387. The Morgan fingerprint density at radius 1 is 1.50 bits per heavy atom. The Morgan fingerprint density at radius 3 is 2.65 bits per heavy atom. The van der Waals surface area contributed by atoms with Crippen molar-refractivity contribution in [2.24, 2.45) is 7.05 Å². The summed E-state index contributed by atoms with van der Waals surface area (Å²) in [7, 11) is 1.20. The minimum Gasteiger partial charge on any atom is -0.348 e. The van der Waals surface area contributed by atoms with Gasteiger partial charge in [-0.2, -0.15) is 0 Å². The zero-order valence-electron chi connectivity index (χ0n) is 11.4. The summed E-state index contributed by atoms with van der Waals surface area (Å²) in [4.78, 5) is 33.5. The van der Waals surface area contributed by atoms with Gasteiger partial charge in [-0.3, -0.25) is 24.0 Å². The van der Waals surface area contributed by atoms with Gasteiger partial charge in [0.1, 0.15) is 6.10 Å². The van der Waals surface area contributed by atoms with Crippen molar-refractivity contribution >= 4 is 5.69 Å². The van der Waals surface area contributed by atoms with Crippen molar-refractivity contribution in [3.05, 3.63) is 37.1 Å². The Morgan fingerprint density at radius 2 is 2.15 bits per heavy atom. The predicted molar refractivity (Wildman–Crippen MR) is 67.5 cm³/mol. The lowest BCUT2D eigenvalue weighted by atomic mass is 10.3. The molecule has 9 nitrogen and oxygen atoms in total. The van der Waals surface area contributed by atoms with Crippen molar-refractivity contribution in [3.8, 4) is 0 Å². The van der Waals surface area contributed by atoms with E-state index in [1.165, 1.54) is 7.05 Å². The van der Waals surface area contributed by atoms with E-state index in [2.05, 4.69) is 0 Å². The molecule has 1 aromatic heterocycles. The van der Waals surface area contributed by atoms with E-state index in [4.69, 9.17) is 9.47 Å². The first-order valence-corrected chi connectivity index (χ1v) is 5.98. The zero-order valence-corrected chi connectivity index (χ0v) is 11.4. The van der Waals surface area contributed by atoms with Gasteiger partial charge in [-0.05, 0) is 13.8 Å². The third-order valence-electron chi connectivity index (χ3n) is 3.00. The van der Waals surface area contributed by atoms with Gasteiger partial charge in [-0.1, -0.05) is 0 Å². The van der Waals surface area contributed by atoms with Gasteiger partial charge in [-0.15, -0.1) is 0 Å². The van der Waals surface area contributed by atoms with Gasteiger partial charge in [0, 0.05) is 7.05 Å². The molecule has 2 heterocycles. The summed E-state index contributed by atoms with van der Waals surface area (Å²) in [5.74, 6) is -0.749. The summed E-state index contributed by atoms with van der Waals surface area (Å²) in [6.07, 6.45) is 0.541. The number of ether oxygens (including phenoxy) is 2. The minimum atomic E-state index is -0.930. The molecule has 1 aliphatic rings. The lowest BCUT2D eigenvalue weighted by Crippen LogP contribution is -2.40. The van der Waals surface area contributed by atoms with E-state index in [0.717, 1.165) is 10.8 Å². The van der Waals surface area contributed by atoms with Crippen molar-refractivity contribution < 1.29 is 14.4 Å². The Labute approximate surface area is 113 Å². The first-order chi connectivity index (χ1) is 9.21. The first kappa shape index (κ1) is 14.4. The van der Waals surface area contributed by atoms with E-state index in [-0.39, 0.29) is 13.2 Å². The molecule has 0 radical (unpaired) electrons. The van der Waals surface area contributed by atoms with Gasteiger partial charge in [0.25, 0.3) is 0 Å². The highest BCUT2D eigenvalue weighted by Gasteiger charge is 2.33. The molecule has 0 amide bonds. The average Bonchev–Trinajstić information content (AvgIpc) is 2.69. The number of nitrogens with zero attached hydrogens (tertiary/aromatic N) is 3.